The summed E-state index contributed by atoms with van der Waals surface area (Å²) in [5, 5.41) is 23.4. The molecule has 7 heteroatoms. The summed E-state index contributed by atoms with van der Waals surface area (Å²) in [7, 11) is 2.75. The van der Waals surface area contributed by atoms with Crippen LogP contribution in [0.15, 0.2) is 11.6 Å². The van der Waals surface area contributed by atoms with E-state index in [1.165, 1.54) is 14.2 Å². The van der Waals surface area contributed by atoms with Gasteiger partial charge in [0, 0.05) is 11.8 Å². The minimum absolute atomic E-state index is 0.0389. The smallest absolute Gasteiger partial charge is 0.315 e. The van der Waals surface area contributed by atoms with Crippen molar-refractivity contribution in [2.24, 2.45) is 45.3 Å². The lowest BCUT2D eigenvalue weighted by Crippen LogP contribution is -2.70. The molecule has 3 saturated carbocycles. The number of ketones is 1. The molecule has 7 nitrogen and oxygen atoms in total. The van der Waals surface area contributed by atoms with E-state index in [9.17, 15) is 24.6 Å². The first-order valence-corrected chi connectivity index (χ1v) is 13.8. The van der Waals surface area contributed by atoms with Gasteiger partial charge in [-0.3, -0.25) is 14.4 Å². The minimum Gasteiger partial charge on any atom is -0.469 e. The van der Waals surface area contributed by atoms with Crippen molar-refractivity contribution in [3.8, 4) is 0 Å². The third kappa shape index (κ3) is 3.55. The molecular weight excluding hydrogens is 472 g/mol. The van der Waals surface area contributed by atoms with Gasteiger partial charge in [-0.1, -0.05) is 39.3 Å². The van der Waals surface area contributed by atoms with Crippen LogP contribution in [-0.2, 0) is 23.9 Å². The number of carbonyl (C=O) groups excluding carboxylic acids is 3. The Morgan fingerprint density at radius 1 is 1.05 bits per heavy atom. The van der Waals surface area contributed by atoms with Crippen LogP contribution in [0.25, 0.3) is 0 Å². The van der Waals surface area contributed by atoms with Gasteiger partial charge in [0.2, 0.25) is 0 Å². The lowest BCUT2D eigenvalue weighted by Gasteiger charge is -2.70. The van der Waals surface area contributed by atoms with E-state index < -0.39 is 39.8 Å². The van der Waals surface area contributed by atoms with E-state index in [1.54, 1.807) is 13.8 Å². The number of ether oxygens (including phenoxy) is 2. The summed E-state index contributed by atoms with van der Waals surface area (Å²) in [6.07, 6.45) is 4.96. The number of allylic oxidation sites excluding steroid dienone is 1. The molecule has 10 atom stereocenters. The molecule has 2 N–H and O–H groups in total. The van der Waals surface area contributed by atoms with Gasteiger partial charge in [-0.05, 0) is 80.5 Å². The van der Waals surface area contributed by atoms with Gasteiger partial charge in [0.25, 0.3) is 0 Å². The van der Waals surface area contributed by atoms with Crippen LogP contribution in [0.2, 0.25) is 0 Å². The molecule has 0 spiro atoms. The highest BCUT2D eigenvalue weighted by molar-refractivity contribution is 5.81. The molecule has 0 heterocycles. The van der Waals surface area contributed by atoms with Crippen molar-refractivity contribution in [1.29, 1.82) is 0 Å². The van der Waals surface area contributed by atoms with Gasteiger partial charge in [-0.25, -0.2) is 0 Å². The van der Waals surface area contributed by atoms with Gasteiger partial charge in [0.05, 0.1) is 32.3 Å². The van der Waals surface area contributed by atoms with Crippen LogP contribution in [0.4, 0.5) is 0 Å². The molecule has 37 heavy (non-hydrogen) atoms. The molecule has 0 aromatic heterocycles. The Labute approximate surface area is 221 Å². The molecular formula is C30H46O7. The molecule has 0 radical (unpaired) electrons. The van der Waals surface area contributed by atoms with Crippen LogP contribution in [0, 0.1) is 45.3 Å². The third-order valence-corrected chi connectivity index (χ3v) is 12.2. The van der Waals surface area contributed by atoms with E-state index in [2.05, 4.69) is 26.8 Å². The SMILES string of the molecule is COC(=O)C[C@]1(C)[C@H]2CC=C3[C@@H]4[C@](C)(O)[C@H](C)C[C@H](O)[C@]4(C(=O)OC)CC[C@@]3(C)[C@]2(C)CC[C@H]1C(C)=O. The summed E-state index contributed by atoms with van der Waals surface area (Å²) in [4.78, 5) is 38.9. The first-order valence-electron chi connectivity index (χ1n) is 13.8. The minimum atomic E-state index is -1.21. The molecule has 4 aliphatic carbocycles. The van der Waals surface area contributed by atoms with Gasteiger partial charge in [0.1, 0.15) is 11.2 Å². The second-order valence-corrected chi connectivity index (χ2v) is 13.5. The Balaban J connectivity index is 1.91. The molecule has 0 unspecified atom stereocenters. The molecule has 0 aromatic carbocycles. The van der Waals surface area contributed by atoms with E-state index in [1.807, 2.05) is 6.92 Å². The Morgan fingerprint density at radius 2 is 1.70 bits per heavy atom. The van der Waals surface area contributed by atoms with Crippen molar-refractivity contribution in [2.75, 3.05) is 14.2 Å². The Bertz CT molecular complexity index is 1020. The average Bonchev–Trinajstić information content (AvgIpc) is 2.82. The lowest BCUT2D eigenvalue weighted by atomic mass is 9.34. The maximum Gasteiger partial charge on any atom is 0.315 e. The predicted octanol–water partition coefficient (Wildman–Crippen LogP) is 4.23. The molecule has 0 bridgehead atoms. The maximum atomic E-state index is 13.4. The fourth-order valence-corrected chi connectivity index (χ4v) is 9.76. The van der Waals surface area contributed by atoms with Crippen molar-refractivity contribution in [3.05, 3.63) is 11.6 Å². The summed E-state index contributed by atoms with van der Waals surface area (Å²) in [6.45, 7) is 12.0. The zero-order chi connectivity index (χ0) is 27.8. The number of aliphatic hydroxyl groups excluding tert-OH is 1. The molecule has 4 rings (SSSR count). The van der Waals surface area contributed by atoms with Gasteiger partial charge in [0.15, 0.2) is 0 Å². The molecule has 0 amide bonds. The largest absolute Gasteiger partial charge is 0.469 e. The van der Waals surface area contributed by atoms with E-state index in [4.69, 9.17) is 9.47 Å². The number of esters is 2. The van der Waals surface area contributed by atoms with Crippen molar-refractivity contribution in [2.45, 2.75) is 98.2 Å². The number of fused-ring (bicyclic) bond motifs is 5. The molecule has 4 aliphatic rings. The van der Waals surface area contributed by atoms with Gasteiger partial charge in [-0.2, -0.15) is 0 Å². The number of carbonyl (C=O) groups is 3. The Kier molecular flexibility index (Phi) is 6.81. The summed E-state index contributed by atoms with van der Waals surface area (Å²) in [5.41, 5.74) is -2.63. The maximum absolute atomic E-state index is 13.4. The first kappa shape index (κ1) is 28.3. The van der Waals surface area contributed by atoms with Crippen LogP contribution in [0.5, 0.6) is 0 Å². The lowest BCUT2D eigenvalue weighted by molar-refractivity contribution is -0.225. The zero-order valence-corrected chi connectivity index (χ0v) is 23.8. The first-order chi connectivity index (χ1) is 17.1. The van der Waals surface area contributed by atoms with E-state index in [0.29, 0.717) is 32.1 Å². The highest BCUT2D eigenvalue weighted by Gasteiger charge is 2.72. The monoisotopic (exact) mass is 518 g/mol. The molecule has 208 valence electrons. The normalized spacial score (nSPS) is 49.0. The van der Waals surface area contributed by atoms with Gasteiger partial charge < -0.3 is 19.7 Å². The summed E-state index contributed by atoms with van der Waals surface area (Å²) in [6, 6.07) is 0. The van der Waals surface area contributed by atoms with E-state index in [-0.39, 0.29) is 41.3 Å². The van der Waals surface area contributed by atoms with Crippen molar-refractivity contribution in [1.82, 2.24) is 0 Å². The molecule has 0 saturated heterocycles. The van der Waals surface area contributed by atoms with Gasteiger partial charge >= 0.3 is 11.9 Å². The highest BCUT2D eigenvalue weighted by Crippen LogP contribution is 2.74. The zero-order valence-electron chi connectivity index (χ0n) is 23.8. The number of aliphatic hydroxyl groups is 2. The van der Waals surface area contributed by atoms with Crippen LogP contribution in [0.1, 0.15) is 86.5 Å². The van der Waals surface area contributed by atoms with Crippen LogP contribution >= 0.6 is 0 Å². The molecule has 0 aliphatic heterocycles. The fourth-order valence-electron chi connectivity index (χ4n) is 9.76. The number of Topliss-reactive ketones (excluding diaryl/α,β-unsaturated/α-hetero) is 1. The summed E-state index contributed by atoms with van der Waals surface area (Å²) in [5.74, 6) is -1.65. The fraction of sp³-hybridized carbons (Fsp3) is 0.833. The van der Waals surface area contributed by atoms with Crippen LogP contribution in [-0.4, -0.2) is 53.9 Å². The van der Waals surface area contributed by atoms with Gasteiger partial charge in [-0.15, -0.1) is 0 Å². The average molecular weight is 519 g/mol. The number of methoxy groups -OCH3 is 2. The van der Waals surface area contributed by atoms with Crippen molar-refractivity contribution >= 4 is 17.7 Å². The Morgan fingerprint density at radius 3 is 2.27 bits per heavy atom. The van der Waals surface area contributed by atoms with Crippen molar-refractivity contribution in [3.63, 3.8) is 0 Å². The predicted molar refractivity (Wildman–Crippen MR) is 138 cm³/mol. The quantitative estimate of drug-likeness (QED) is 0.423. The second kappa shape index (κ2) is 8.90. The summed E-state index contributed by atoms with van der Waals surface area (Å²) < 4.78 is 10.4. The van der Waals surface area contributed by atoms with Crippen molar-refractivity contribution < 1.29 is 34.1 Å². The molecule has 0 aromatic rings. The topological polar surface area (TPSA) is 110 Å². The van der Waals surface area contributed by atoms with E-state index >= 15 is 0 Å². The number of hydrogen-bond donors (Lipinski definition) is 2. The molecule has 3 fully saturated rings. The standard InChI is InChI=1S/C30H46O7/c1-17-15-22(32)30(25(34)37-8)14-13-27(4)20(24(30)29(17,6)35)9-10-21-26(3,16-23(33)36-7)19(18(2)31)11-12-28(21,27)5/h9,17,19,21-22,24,32,35H,10-16H2,1-8H3/t17-,19+,21-,22+,24-,26+,27-,28-,29-,30-/m1/s1. The number of hydrogen-bond acceptors (Lipinski definition) is 7. The number of rotatable bonds is 4. The third-order valence-electron chi connectivity index (χ3n) is 12.2. The van der Waals surface area contributed by atoms with E-state index in [0.717, 1.165) is 12.0 Å². The highest BCUT2D eigenvalue weighted by atomic mass is 16.5. The summed E-state index contributed by atoms with van der Waals surface area (Å²) >= 11 is 0. The Hall–Kier alpha value is -1.73. The van der Waals surface area contributed by atoms with Crippen LogP contribution in [0.3, 0.4) is 0 Å². The van der Waals surface area contributed by atoms with Crippen LogP contribution < -0.4 is 0 Å². The second-order valence-electron chi connectivity index (χ2n) is 13.5.